The highest BCUT2D eigenvalue weighted by Crippen LogP contribution is 2.25. The minimum Gasteiger partial charge on any atom is -0.350 e. The van der Waals surface area contributed by atoms with Gasteiger partial charge in [-0.3, -0.25) is 13.9 Å². The summed E-state index contributed by atoms with van der Waals surface area (Å²) in [6.45, 7) is 8.80. The van der Waals surface area contributed by atoms with Crippen LogP contribution in [0.5, 0.6) is 0 Å². The van der Waals surface area contributed by atoms with Gasteiger partial charge in [0, 0.05) is 21.0 Å². The van der Waals surface area contributed by atoms with Crippen LogP contribution >= 0.6 is 31.9 Å². The Hall–Kier alpha value is -1.91. The molecule has 34 heavy (non-hydrogen) atoms. The van der Waals surface area contributed by atoms with Crippen LogP contribution in [-0.2, 0) is 26.2 Å². The maximum Gasteiger partial charge on any atom is 0.244 e. The Bertz CT molecular complexity index is 1150. The zero-order valence-corrected chi connectivity index (χ0v) is 24.2. The third-order valence-corrected chi connectivity index (χ3v) is 7.60. The van der Waals surface area contributed by atoms with E-state index in [9.17, 15) is 18.0 Å². The predicted molar refractivity (Wildman–Crippen MR) is 143 cm³/mol. The molecule has 0 unspecified atom stereocenters. The quantitative estimate of drug-likeness (QED) is 0.469. The van der Waals surface area contributed by atoms with E-state index in [1.807, 2.05) is 52.0 Å². The van der Waals surface area contributed by atoms with Gasteiger partial charge in [-0.05, 0) is 76.1 Å². The molecule has 10 heteroatoms. The van der Waals surface area contributed by atoms with E-state index in [0.29, 0.717) is 5.69 Å². The van der Waals surface area contributed by atoms with Crippen molar-refractivity contribution in [1.29, 1.82) is 0 Å². The number of halogens is 2. The molecule has 0 aliphatic carbocycles. The van der Waals surface area contributed by atoms with Crippen molar-refractivity contribution >= 4 is 59.4 Å². The molecule has 0 aliphatic rings. The van der Waals surface area contributed by atoms with Crippen molar-refractivity contribution in [3.63, 3.8) is 0 Å². The van der Waals surface area contributed by atoms with E-state index < -0.39 is 34.1 Å². The van der Waals surface area contributed by atoms with E-state index in [1.54, 1.807) is 25.1 Å². The minimum atomic E-state index is -3.77. The first kappa shape index (κ1) is 28.3. The molecule has 2 rings (SSSR count). The van der Waals surface area contributed by atoms with Crippen LogP contribution in [-0.4, -0.2) is 49.5 Å². The third kappa shape index (κ3) is 8.09. The average molecular weight is 617 g/mol. The number of anilines is 1. The summed E-state index contributed by atoms with van der Waals surface area (Å²) in [5, 5.41) is 2.90. The van der Waals surface area contributed by atoms with Gasteiger partial charge in [0.1, 0.15) is 12.6 Å². The van der Waals surface area contributed by atoms with Crippen molar-refractivity contribution in [2.45, 2.75) is 52.7 Å². The van der Waals surface area contributed by atoms with Crippen molar-refractivity contribution in [2.24, 2.45) is 0 Å². The first-order valence-corrected chi connectivity index (χ1v) is 14.1. The number of aryl methyl sites for hydroxylation is 1. The average Bonchev–Trinajstić information content (AvgIpc) is 2.71. The molecule has 0 aliphatic heterocycles. The summed E-state index contributed by atoms with van der Waals surface area (Å²) >= 11 is 6.81. The smallest absolute Gasteiger partial charge is 0.244 e. The highest BCUT2D eigenvalue weighted by molar-refractivity contribution is 9.10. The molecule has 0 spiro atoms. The maximum absolute atomic E-state index is 13.5. The molecule has 2 aromatic carbocycles. The highest BCUT2D eigenvalue weighted by Gasteiger charge is 2.31. The monoisotopic (exact) mass is 615 g/mol. The van der Waals surface area contributed by atoms with Crippen molar-refractivity contribution in [2.75, 3.05) is 17.1 Å². The van der Waals surface area contributed by atoms with Gasteiger partial charge >= 0.3 is 0 Å². The van der Waals surface area contributed by atoms with E-state index >= 15 is 0 Å². The summed E-state index contributed by atoms with van der Waals surface area (Å²) in [6, 6.07) is 11.7. The standard InChI is InChI=1S/C24H31Br2N3O4S/c1-16-13-20(11-12-21(16)26)29(34(6,32)33)15-22(30)28(14-18-7-9-19(25)10-8-18)17(2)23(31)27-24(3,4)5/h7-13,17H,14-15H2,1-6H3,(H,27,31)/t17-/m1/s1. The SMILES string of the molecule is Cc1cc(N(CC(=O)N(Cc2ccc(Br)cc2)[C@H](C)C(=O)NC(C)(C)C)S(C)(=O)=O)ccc1Br. The first-order valence-electron chi connectivity index (χ1n) is 10.7. The third-order valence-electron chi connectivity index (χ3n) is 5.04. The van der Waals surface area contributed by atoms with Gasteiger partial charge in [-0.15, -0.1) is 0 Å². The molecule has 0 radical (unpaired) electrons. The summed E-state index contributed by atoms with van der Waals surface area (Å²) < 4.78 is 28.1. The Morgan fingerprint density at radius 1 is 1.06 bits per heavy atom. The number of hydrogen-bond acceptors (Lipinski definition) is 4. The van der Waals surface area contributed by atoms with E-state index in [2.05, 4.69) is 37.2 Å². The Morgan fingerprint density at radius 2 is 1.65 bits per heavy atom. The molecule has 1 atom stereocenters. The van der Waals surface area contributed by atoms with Crippen molar-refractivity contribution < 1.29 is 18.0 Å². The molecule has 2 amide bonds. The maximum atomic E-state index is 13.5. The Labute approximate surface area is 219 Å². The van der Waals surface area contributed by atoms with Crippen LogP contribution in [0.4, 0.5) is 5.69 Å². The lowest BCUT2D eigenvalue weighted by Gasteiger charge is -2.33. The van der Waals surface area contributed by atoms with Gasteiger partial charge in [-0.25, -0.2) is 8.42 Å². The van der Waals surface area contributed by atoms with Gasteiger partial charge in [0.2, 0.25) is 21.8 Å². The lowest BCUT2D eigenvalue weighted by atomic mass is 10.1. The fourth-order valence-corrected chi connectivity index (χ4v) is 4.59. The zero-order chi connectivity index (χ0) is 25.8. The number of sulfonamides is 1. The normalized spacial score (nSPS) is 12.7. The van der Waals surface area contributed by atoms with E-state index in [0.717, 1.165) is 30.6 Å². The van der Waals surface area contributed by atoms with Crippen LogP contribution < -0.4 is 9.62 Å². The molecule has 2 aromatic rings. The number of carbonyl (C=O) groups excluding carboxylic acids is 2. The van der Waals surface area contributed by atoms with Crippen molar-refractivity contribution in [1.82, 2.24) is 10.2 Å². The number of nitrogens with one attached hydrogen (secondary N) is 1. The summed E-state index contributed by atoms with van der Waals surface area (Å²) in [4.78, 5) is 27.9. The fourth-order valence-electron chi connectivity index (χ4n) is 3.24. The molecule has 0 bridgehead atoms. The highest BCUT2D eigenvalue weighted by atomic mass is 79.9. The summed E-state index contributed by atoms with van der Waals surface area (Å²) in [5.41, 5.74) is 1.55. The fraction of sp³-hybridized carbons (Fsp3) is 0.417. The van der Waals surface area contributed by atoms with Crippen molar-refractivity contribution in [3.05, 3.63) is 62.5 Å². The molecule has 1 N–H and O–H groups in total. The summed E-state index contributed by atoms with van der Waals surface area (Å²) in [6.07, 6.45) is 1.06. The number of amides is 2. The first-order chi connectivity index (χ1) is 15.6. The number of carbonyl (C=O) groups is 2. The minimum absolute atomic E-state index is 0.155. The Kier molecular flexibility index (Phi) is 9.35. The number of nitrogens with zero attached hydrogens (tertiary/aromatic N) is 2. The zero-order valence-electron chi connectivity index (χ0n) is 20.2. The second-order valence-electron chi connectivity index (χ2n) is 9.27. The van der Waals surface area contributed by atoms with Crippen LogP contribution in [0.25, 0.3) is 0 Å². The largest absolute Gasteiger partial charge is 0.350 e. The molecule has 0 saturated carbocycles. The molecule has 186 valence electrons. The second-order valence-corrected chi connectivity index (χ2v) is 12.9. The summed E-state index contributed by atoms with van der Waals surface area (Å²) in [5.74, 6) is -0.797. The predicted octanol–water partition coefficient (Wildman–Crippen LogP) is 4.62. The summed E-state index contributed by atoms with van der Waals surface area (Å²) in [7, 11) is -3.77. The lowest BCUT2D eigenvalue weighted by molar-refractivity contribution is -0.140. The molecular weight excluding hydrogens is 586 g/mol. The van der Waals surface area contributed by atoms with Gasteiger partial charge in [-0.1, -0.05) is 44.0 Å². The molecule has 7 nitrogen and oxygen atoms in total. The van der Waals surface area contributed by atoms with E-state index in [4.69, 9.17) is 0 Å². The van der Waals surface area contributed by atoms with Gasteiger partial charge in [0.05, 0.1) is 11.9 Å². The molecular formula is C24H31Br2N3O4S. The van der Waals surface area contributed by atoms with Crippen LogP contribution in [0, 0.1) is 6.92 Å². The van der Waals surface area contributed by atoms with Crippen LogP contribution in [0.1, 0.15) is 38.8 Å². The topological polar surface area (TPSA) is 86.8 Å². The Morgan fingerprint density at radius 3 is 2.15 bits per heavy atom. The molecule has 0 aromatic heterocycles. The van der Waals surface area contributed by atoms with Crippen LogP contribution in [0.15, 0.2) is 51.4 Å². The van der Waals surface area contributed by atoms with Crippen LogP contribution in [0.2, 0.25) is 0 Å². The molecule has 0 fully saturated rings. The van der Waals surface area contributed by atoms with E-state index in [-0.39, 0.29) is 12.5 Å². The van der Waals surface area contributed by atoms with Crippen LogP contribution in [0.3, 0.4) is 0 Å². The second kappa shape index (κ2) is 11.2. The van der Waals surface area contributed by atoms with Gasteiger partial charge in [0.15, 0.2) is 0 Å². The van der Waals surface area contributed by atoms with Gasteiger partial charge < -0.3 is 10.2 Å². The van der Waals surface area contributed by atoms with Gasteiger partial charge in [-0.2, -0.15) is 0 Å². The molecule has 0 saturated heterocycles. The number of benzene rings is 2. The Balaban J connectivity index is 2.41. The van der Waals surface area contributed by atoms with Crippen molar-refractivity contribution in [3.8, 4) is 0 Å². The van der Waals surface area contributed by atoms with Gasteiger partial charge in [0.25, 0.3) is 0 Å². The lowest BCUT2D eigenvalue weighted by Crippen LogP contribution is -2.54. The number of hydrogen-bond donors (Lipinski definition) is 1. The molecule has 0 heterocycles. The van der Waals surface area contributed by atoms with E-state index in [1.165, 1.54) is 4.90 Å². The number of rotatable bonds is 8.